The molecule has 0 amide bonds. The molecule has 0 aliphatic rings. The Kier molecular flexibility index (Phi) is 3.51. The van der Waals surface area contributed by atoms with Crippen LogP contribution in [0.25, 0.3) is 0 Å². The summed E-state index contributed by atoms with van der Waals surface area (Å²) in [6.07, 6.45) is 0. The summed E-state index contributed by atoms with van der Waals surface area (Å²) in [6, 6.07) is 10.4. The van der Waals surface area contributed by atoms with Gasteiger partial charge in [-0.2, -0.15) is 0 Å². The number of halogens is 1. The summed E-state index contributed by atoms with van der Waals surface area (Å²) in [4.78, 5) is 0. The third-order valence-corrected chi connectivity index (χ3v) is 3.06. The molecule has 0 bridgehead atoms. The summed E-state index contributed by atoms with van der Waals surface area (Å²) in [7, 11) is 0. The minimum atomic E-state index is -0.218. The molecule has 0 radical (unpaired) electrons. The molecule has 0 atom stereocenters. The van der Waals surface area contributed by atoms with Crippen LogP contribution in [-0.4, -0.2) is 0 Å². The highest BCUT2D eigenvalue weighted by Gasteiger charge is 2.02. The van der Waals surface area contributed by atoms with Crippen LogP contribution in [0.1, 0.15) is 16.7 Å². The summed E-state index contributed by atoms with van der Waals surface area (Å²) >= 11 is 0. The van der Waals surface area contributed by atoms with Crippen molar-refractivity contribution in [1.29, 1.82) is 0 Å². The first kappa shape index (κ1) is 12.4. The Morgan fingerprint density at radius 3 is 2.33 bits per heavy atom. The number of nitrogens with two attached hydrogens (primary N) is 1. The molecule has 0 heterocycles. The number of hydrogen-bond donors (Lipinski definition) is 2. The third kappa shape index (κ3) is 2.80. The zero-order valence-electron chi connectivity index (χ0n) is 10.6. The maximum Gasteiger partial charge on any atom is 0.123 e. The second kappa shape index (κ2) is 5.08. The van der Waals surface area contributed by atoms with Gasteiger partial charge in [0.25, 0.3) is 0 Å². The summed E-state index contributed by atoms with van der Waals surface area (Å²) < 4.78 is 12.8. The molecule has 0 aliphatic heterocycles. The van der Waals surface area contributed by atoms with Gasteiger partial charge in [-0.05, 0) is 54.8 Å². The van der Waals surface area contributed by atoms with Crippen LogP contribution in [0.5, 0.6) is 0 Å². The molecule has 0 saturated carbocycles. The maximum absolute atomic E-state index is 12.8. The van der Waals surface area contributed by atoms with Crippen molar-refractivity contribution in [3.8, 4) is 0 Å². The van der Waals surface area contributed by atoms with Crippen LogP contribution >= 0.6 is 0 Å². The topological polar surface area (TPSA) is 38.0 Å². The number of benzene rings is 2. The van der Waals surface area contributed by atoms with E-state index in [0.717, 1.165) is 16.9 Å². The second-order valence-electron chi connectivity index (χ2n) is 4.50. The number of nitrogen functional groups attached to an aromatic ring is 1. The van der Waals surface area contributed by atoms with Gasteiger partial charge in [0.05, 0.1) is 11.4 Å². The van der Waals surface area contributed by atoms with E-state index < -0.39 is 0 Å². The van der Waals surface area contributed by atoms with Crippen LogP contribution in [0.15, 0.2) is 36.4 Å². The Morgan fingerprint density at radius 2 is 1.67 bits per heavy atom. The first-order valence-electron chi connectivity index (χ1n) is 5.91. The number of anilines is 2. The zero-order valence-corrected chi connectivity index (χ0v) is 10.6. The minimum absolute atomic E-state index is 0.218. The maximum atomic E-state index is 12.8. The fourth-order valence-electron chi connectivity index (χ4n) is 1.79. The third-order valence-electron chi connectivity index (χ3n) is 3.06. The molecule has 0 fully saturated rings. The largest absolute Gasteiger partial charge is 0.397 e. The van der Waals surface area contributed by atoms with Crippen molar-refractivity contribution in [1.82, 2.24) is 0 Å². The molecule has 0 spiro atoms. The summed E-state index contributed by atoms with van der Waals surface area (Å²) in [6.45, 7) is 4.72. The van der Waals surface area contributed by atoms with E-state index in [1.54, 1.807) is 12.1 Å². The Hall–Kier alpha value is -2.03. The van der Waals surface area contributed by atoms with Crippen LogP contribution < -0.4 is 11.1 Å². The molecule has 18 heavy (non-hydrogen) atoms. The molecule has 3 heteroatoms. The monoisotopic (exact) mass is 244 g/mol. The first-order valence-corrected chi connectivity index (χ1v) is 5.91. The lowest BCUT2D eigenvalue weighted by Gasteiger charge is -2.12. The molecule has 2 rings (SSSR count). The van der Waals surface area contributed by atoms with Crippen molar-refractivity contribution in [3.05, 3.63) is 58.9 Å². The Labute approximate surface area is 107 Å². The lowest BCUT2D eigenvalue weighted by atomic mass is 10.1. The van der Waals surface area contributed by atoms with Gasteiger partial charge in [-0.25, -0.2) is 4.39 Å². The highest BCUT2D eigenvalue weighted by molar-refractivity contribution is 5.68. The quantitative estimate of drug-likeness (QED) is 0.809. The Balaban J connectivity index is 2.10. The Bertz CT molecular complexity index is 547. The predicted molar refractivity (Wildman–Crippen MR) is 74.1 cm³/mol. The van der Waals surface area contributed by atoms with Gasteiger partial charge in [0, 0.05) is 6.54 Å². The van der Waals surface area contributed by atoms with Gasteiger partial charge in [0.1, 0.15) is 5.82 Å². The van der Waals surface area contributed by atoms with E-state index in [9.17, 15) is 4.39 Å². The van der Waals surface area contributed by atoms with Crippen LogP contribution in [-0.2, 0) is 6.54 Å². The molecular formula is C15H17FN2. The van der Waals surface area contributed by atoms with Crippen molar-refractivity contribution >= 4 is 11.4 Å². The fraction of sp³-hybridized carbons (Fsp3) is 0.200. The molecule has 0 aliphatic carbocycles. The van der Waals surface area contributed by atoms with E-state index in [2.05, 4.69) is 12.2 Å². The van der Waals surface area contributed by atoms with Gasteiger partial charge in [0.2, 0.25) is 0 Å². The average Bonchev–Trinajstić information content (AvgIpc) is 2.34. The number of aryl methyl sites for hydroxylation is 2. The molecule has 2 aromatic carbocycles. The predicted octanol–water partition coefficient (Wildman–Crippen LogP) is 3.64. The van der Waals surface area contributed by atoms with E-state index in [4.69, 9.17) is 5.73 Å². The van der Waals surface area contributed by atoms with Gasteiger partial charge >= 0.3 is 0 Å². The summed E-state index contributed by atoms with van der Waals surface area (Å²) in [5.41, 5.74) is 11.0. The average molecular weight is 244 g/mol. The lowest BCUT2D eigenvalue weighted by molar-refractivity contribution is 0.627. The Morgan fingerprint density at radius 1 is 1.06 bits per heavy atom. The molecule has 94 valence electrons. The van der Waals surface area contributed by atoms with Gasteiger partial charge < -0.3 is 11.1 Å². The SMILES string of the molecule is Cc1cc(N)c(NCc2ccc(F)cc2)cc1C. The minimum Gasteiger partial charge on any atom is -0.397 e. The molecule has 2 aromatic rings. The highest BCUT2D eigenvalue weighted by atomic mass is 19.1. The van der Waals surface area contributed by atoms with E-state index in [1.165, 1.54) is 23.3 Å². The van der Waals surface area contributed by atoms with Crippen molar-refractivity contribution < 1.29 is 4.39 Å². The number of rotatable bonds is 3. The molecule has 0 unspecified atom stereocenters. The molecule has 0 aromatic heterocycles. The normalized spacial score (nSPS) is 10.4. The molecule has 2 nitrogen and oxygen atoms in total. The first-order chi connectivity index (χ1) is 8.56. The fourth-order valence-corrected chi connectivity index (χ4v) is 1.79. The van der Waals surface area contributed by atoms with Crippen LogP contribution in [0, 0.1) is 19.7 Å². The van der Waals surface area contributed by atoms with Crippen molar-refractivity contribution in [2.75, 3.05) is 11.1 Å². The summed E-state index contributed by atoms with van der Waals surface area (Å²) in [5, 5.41) is 3.27. The van der Waals surface area contributed by atoms with E-state index in [-0.39, 0.29) is 5.82 Å². The van der Waals surface area contributed by atoms with E-state index >= 15 is 0 Å². The highest BCUT2D eigenvalue weighted by Crippen LogP contribution is 2.23. The van der Waals surface area contributed by atoms with Gasteiger partial charge in [-0.1, -0.05) is 12.1 Å². The number of nitrogens with one attached hydrogen (secondary N) is 1. The van der Waals surface area contributed by atoms with Crippen LogP contribution in [0.3, 0.4) is 0 Å². The molecular weight excluding hydrogens is 227 g/mol. The van der Waals surface area contributed by atoms with Gasteiger partial charge in [0.15, 0.2) is 0 Å². The standard InChI is InChI=1S/C15H17FN2/c1-10-7-14(17)15(8-11(10)2)18-9-12-3-5-13(16)6-4-12/h3-8,18H,9,17H2,1-2H3. The lowest BCUT2D eigenvalue weighted by Crippen LogP contribution is -2.03. The second-order valence-corrected chi connectivity index (χ2v) is 4.50. The zero-order chi connectivity index (χ0) is 13.1. The van der Waals surface area contributed by atoms with Crippen molar-refractivity contribution in [2.45, 2.75) is 20.4 Å². The number of hydrogen-bond acceptors (Lipinski definition) is 2. The van der Waals surface area contributed by atoms with Crippen LogP contribution in [0.2, 0.25) is 0 Å². The van der Waals surface area contributed by atoms with Crippen molar-refractivity contribution in [3.63, 3.8) is 0 Å². The van der Waals surface area contributed by atoms with E-state index in [0.29, 0.717) is 6.54 Å². The molecule has 0 saturated heterocycles. The van der Waals surface area contributed by atoms with Gasteiger partial charge in [-0.15, -0.1) is 0 Å². The van der Waals surface area contributed by atoms with Gasteiger partial charge in [-0.3, -0.25) is 0 Å². The van der Waals surface area contributed by atoms with Crippen molar-refractivity contribution in [2.24, 2.45) is 0 Å². The van der Waals surface area contributed by atoms with E-state index in [1.807, 2.05) is 19.1 Å². The molecule has 3 N–H and O–H groups in total. The van der Waals surface area contributed by atoms with Crippen LogP contribution in [0.4, 0.5) is 15.8 Å². The smallest absolute Gasteiger partial charge is 0.123 e. The summed E-state index contributed by atoms with van der Waals surface area (Å²) in [5.74, 6) is -0.218.